The molecule has 1 aliphatic rings. The first-order valence-corrected chi connectivity index (χ1v) is 6.61. The van der Waals surface area contributed by atoms with Crippen LogP contribution in [0.4, 0.5) is 0 Å². The van der Waals surface area contributed by atoms with E-state index in [-0.39, 0.29) is 0 Å². The molecule has 2 heteroatoms. The van der Waals surface area contributed by atoms with Gasteiger partial charge in [-0.05, 0) is 43.9 Å². The molecule has 0 spiro atoms. The Morgan fingerprint density at radius 1 is 1.50 bits per heavy atom. The Hall–Kier alpha value is -0.600. The summed E-state index contributed by atoms with van der Waals surface area (Å²) in [5.74, 6) is 0. The van der Waals surface area contributed by atoms with Gasteiger partial charge in [-0.25, -0.2) is 0 Å². The van der Waals surface area contributed by atoms with Crippen molar-refractivity contribution in [3.05, 3.63) is 39.4 Å². The topological polar surface area (TPSA) is 12.0 Å². The molecular formula is C14H18BrN. The zero-order valence-corrected chi connectivity index (χ0v) is 11.5. The fourth-order valence-electron chi connectivity index (χ4n) is 1.69. The van der Waals surface area contributed by atoms with Crippen LogP contribution in [-0.2, 0) is 0 Å². The van der Waals surface area contributed by atoms with Gasteiger partial charge in [0.25, 0.3) is 0 Å². The van der Waals surface area contributed by atoms with Crippen molar-refractivity contribution in [2.75, 3.05) is 6.54 Å². The molecule has 0 unspecified atom stereocenters. The van der Waals surface area contributed by atoms with E-state index in [1.807, 2.05) is 0 Å². The number of halogens is 1. The van der Waals surface area contributed by atoms with E-state index < -0.39 is 0 Å². The summed E-state index contributed by atoms with van der Waals surface area (Å²) in [4.78, 5) is 0. The van der Waals surface area contributed by atoms with Gasteiger partial charge >= 0.3 is 0 Å². The Morgan fingerprint density at radius 2 is 2.25 bits per heavy atom. The van der Waals surface area contributed by atoms with Crippen LogP contribution in [0.1, 0.15) is 30.9 Å². The molecule has 0 aliphatic heterocycles. The zero-order valence-electron chi connectivity index (χ0n) is 9.89. The highest BCUT2D eigenvalue weighted by molar-refractivity contribution is 9.10. The van der Waals surface area contributed by atoms with E-state index in [1.54, 1.807) is 0 Å². The van der Waals surface area contributed by atoms with E-state index in [2.05, 4.69) is 59.4 Å². The zero-order chi connectivity index (χ0) is 11.5. The van der Waals surface area contributed by atoms with Crippen molar-refractivity contribution in [3.8, 4) is 0 Å². The van der Waals surface area contributed by atoms with Crippen molar-refractivity contribution < 1.29 is 0 Å². The summed E-state index contributed by atoms with van der Waals surface area (Å²) in [6.07, 6.45) is 4.96. The maximum Gasteiger partial charge on any atom is 0.0204 e. The summed E-state index contributed by atoms with van der Waals surface area (Å²) >= 11 is 3.52. The van der Waals surface area contributed by atoms with Crippen LogP contribution in [-0.4, -0.2) is 12.6 Å². The summed E-state index contributed by atoms with van der Waals surface area (Å²) in [5, 5.41) is 3.53. The number of nitrogens with one attached hydrogen (secondary N) is 1. The van der Waals surface area contributed by atoms with Crippen molar-refractivity contribution in [1.82, 2.24) is 5.32 Å². The number of hydrogen-bond acceptors (Lipinski definition) is 1. The second-order valence-electron chi connectivity index (χ2n) is 4.65. The second kappa shape index (κ2) is 5.15. The van der Waals surface area contributed by atoms with Gasteiger partial charge in [-0.1, -0.05) is 39.7 Å². The Balaban J connectivity index is 1.99. The first kappa shape index (κ1) is 11.9. The fraction of sp³-hybridized carbons (Fsp3) is 0.429. The maximum atomic E-state index is 3.53. The molecule has 1 aliphatic carbocycles. The minimum atomic E-state index is 0.787. The van der Waals surface area contributed by atoms with Crippen LogP contribution in [0.25, 0.3) is 6.08 Å². The Kier molecular flexibility index (Phi) is 3.82. The normalized spacial score (nSPS) is 16.6. The van der Waals surface area contributed by atoms with Gasteiger partial charge in [-0.15, -0.1) is 0 Å². The molecule has 0 bridgehead atoms. The van der Waals surface area contributed by atoms with Gasteiger partial charge in [0.05, 0.1) is 0 Å². The molecule has 1 aromatic carbocycles. The van der Waals surface area contributed by atoms with Crippen LogP contribution in [0.2, 0.25) is 0 Å². The first-order valence-electron chi connectivity index (χ1n) is 5.82. The van der Waals surface area contributed by atoms with Crippen molar-refractivity contribution in [1.29, 1.82) is 0 Å². The van der Waals surface area contributed by atoms with E-state index in [0.717, 1.165) is 12.6 Å². The fourth-order valence-corrected chi connectivity index (χ4v) is 1.93. The highest BCUT2D eigenvalue weighted by Crippen LogP contribution is 2.20. The second-order valence-corrected chi connectivity index (χ2v) is 5.51. The Labute approximate surface area is 106 Å². The molecule has 1 fully saturated rings. The van der Waals surface area contributed by atoms with Gasteiger partial charge in [-0.2, -0.15) is 0 Å². The number of rotatable bonds is 4. The van der Waals surface area contributed by atoms with Gasteiger partial charge in [0, 0.05) is 17.1 Å². The molecule has 0 saturated heterocycles. The van der Waals surface area contributed by atoms with Crippen molar-refractivity contribution in [3.63, 3.8) is 0 Å². The third-order valence-electron chi connectivity index (χ3n) is 2.84. The summed E-state index contributed by atoms with van der Waals surface area (Å²) in [5.41, 5.74) is 3.97. The first-order chi connectivity index (χ1) is 7.65. The summed E-state index contributed by atoms with van der Waals surface area (Å²) in [6, 6.07) is 7.26. The van der Waals surface area contributed by atoms with Crippen LogP contribution in [0.5, 0.6) is 0 Å². The monoisotopic (exact) mass is 279 g/mol. The van der Waals surface area contributed by atoms with Crippen molar-refractivity contribution in [2.24, 2.45) is 0 Å². The van der Waals surface area contributed by atoms with E-state index in [1.165, 1.54) is 34.0 Å². The molecule has 0 heterocycles. The van der Waals surface area contributed by atoms with Gasteiger partial charge in [-0.3, -0.25) is 0 Å². The molecule has 0 amide bonds. The molecule has 1 saturated carbocycles. The number of aryl methyl sites for hydroxylation is 1. The molecule has 1 N–H and O–H groups in total. The van der Waals surface area contributed by atoms with Gasteiger partial charge in [0.2, 0.25) is 0 Å². The van der Waals surface area contributed by atoms with Crippen molar-refractivity contribution >= 4 is 22.0 Å². The van der Waals surface area contributed by atoms with E-state index >= 15 is 0 Å². The minimum absolute atomic E-state index is 0.787. The highest BCUT2D eigenvalue weighted by Gasteiger charge is 2.19. The van der Waals surface area contributed by atoms with Gasteiger partial charge < -0.3 is 5.32 Å². The lowest BCUT2D eigenvalue weighted by Gasteiger charge is -2.04. The van der Waals surface area contributed by atoms with Crippen LogP contribution < -0.4 is 5.32 Å². The maximum absolute atomic E-state index is 3.53. The molecule has 1 nitrogen and oxygen atoms in total. The molecule has 86 valence electrons. The van der Waals surface area contributed by atoms with Crippen LogP contribution in [0.3, 0.4) is 0 Å². The average molecular weight is 280 g/mol. The molecule has 16 heavy (non-hydrogen) atoms. The average Bonchev–Trinajstić information content (AvgIpc) is 3.04. The predicted molar refractivity (Wildman–Crippen MR) is 73.6 cm³/mol. The quantitative estimate of drug-likeness (QED) is 0.881. The molecule has 0 atom stereocenters. The Morgan fingerprint density at radius 3 is 2.88 bits per heavy atom. The lowest BCUT2D eigenvalue weighted by molar-refractivity contribution is 0.736. The molecule has 1 aromatic rings. The van der Waals surface area contributed by atoms with Crippen molar-refractivity contribution in [2.45, 2.75) is 32.7 Å². The minimum Gasteiger partial charge on any atom is -0.310 e. The smallest absolute Gasteiger partial charge is 0.0204 e. The Bertz CT molecular complexity index is 405. The third kappa shape index (κ3) is 3.46. The van der Waals surface area contributed by atoms with E-state index in [9.17, 15) is 0 Å². The largest absolute Gasteiger partial charge is 0.310 e. The van der Waals surface area contributed by atoms with Gasteiger partial charge in [0.1, 0.15) is 0 Å². The van der Waals surface area contributed by atoms with Gasteiger partial charge in [0.15, 0.2) is 0 Å². The molecule has 0 radical (unpaired) electrons. The molecule has 2 rings (SSSR count). The number of hydrogen-bond donors (Lipinski definition) is 1. The summed E-state index contributed by atoms with van der Waals surface area (Å²) in [7, 11) is 0. The summed E-state index contributed by atoms with van der Waals surface area (Å²) < 4.78 is 1.18. The predicted octanol–water partition coefficient (Wildman–Crippen LogP) is 3.91. The van der Waals surface area contributed by atoms with E-state index in [4.69, 9.17) is 0 Å². The standard InChI is InChI=1S/C14H18BrN/c1-10(9-16-13-4-5-13)7-12-3-6-14(15)11(2)8-12/h3,6-8,13,16H,4-5,9H2,1-2H3. The highest BCUT2D eigenvalue weighted by atomic mass is 79.9. The van der Waals surface area contributed by atoms with Crippen LogP contribution >= 0.6 is 15.9 Å². The van der Waals surface area contributed by atoms with Crippen LogP contribution in [0.15, 0.2) is 28.2 Å². The van der Waals surface area contributed by atoms with Crippen LogP contribution in [0, 0.1) is 6.92 Å². The lowest BCUT2D eigenvalue weighted by Crippen LogP contribution is -2.18. The van der Waals surface area contributed by atoms with E-state index in [0.29, 0.717) is 0 Å². The lowest BCUT2D eigenvalue weighted by atomic mass is 10.1. The SMILES string of the molecule is CC(=Cc1ccc(Br)c(C)c1)CNC1CC1. The molecular weight excluding hydrogens is 262 g/mol. The number of benzene rings is 1. The summed E-state index contributed by atoms with van der Waals surface area (Å²) in [6.45, 7) is 5.33. The molecule has 0 aromatic heterocycles. The third-order valence-corrected chi connectivity index (χ3v) is 3.73.